The van der Waals surface area contributed by atoms with E-state index in [-0.39, 0.29) is 0 Å². The maximum Gasteiger partial charge on any atom is 0.165 e. The Bertz CT molecular complexity index is 1030. The van der Waals surface area contributed by atoms with Crippen LogP contribution in [0.5, 0.6) is 5.75 Å². The van der Waals surface area contributed by atoms with Gasteiger partial charge in [-0.25, -0.2) is 4.98 Å². The van der Waals surface area contributed by atoms with Crippen LogP contribution in [0.2, 0.25) is 0 Å². The third kappa shape index (κ3) is 2.93. The Balaban J connectivity index is 1.66. The minimum atomic E-state index is 0.476. The highest BCUT2D eigenvalue weighted by Crippen LogP contribution is 2.32. The van der Waals surface area contributed by atoms with Gasteiger partial charge in [0.15, 0.2) is 11.5 Å². The summed E-state index contributed by atoms with van der Waals surface area (Å²) in [6.45, 7) is 2.04. The zero-order valence-corrected chi connectivity index (χ0v) is 15.2. The Morgan fingerprint density at radius 3 is 2.46 bits per heavy atom. The van der Waals surface area contributed by atoms with E-state index in [0.717, 1.165) is 27.7 Å². The van der Waals surface area contributed by atoms with Gasteiger partial charge in [-0.3, -0.25) is 0 Å². The Hall–Kier alpha value is -3.19. The van der Waals surface area contributed by atoms with Crippen LogP contribution in [-0.4, -0.2) is 27.1 Å². The van der Waals surface area contributed by atoms with Gasteiger partial charge in [0.05, 0.1) is 18.5 Å². The topological polar surface area (TPSA) is 78.9 Å². The van der Waals surface area contributed by atoms with Crippen LogP contribution in [0.3, 0.4) is 0 Å². The zero-order chi connectivity index (χ0) is 18.1. The van der Waals surface area contributed by atoms with E-state index < -0.39 is 0 Å². The van der Waals surface area contributed by atoms with E-state index in [9.17, 15) is 0 Å². The molecule has 7 heteroatoms. The standard InChI is InChI=1S/C19H17N5OS/c1-12-3-7-14(8-4-12)24-18(20)17(22-23-24)19-21-16(11-26-19)13-5-9-15(25-2)10-6-13/h3-11H,20H2,1-2H3. The molecule has 0 unspecified atom stereocenters. The number of methoxy groups -OCH3 is 1. The molecule has 0 fully saturated rings. The van der Waals surface area contributed by atoms with E-state index in [1.165, 1.54) is 16.9 Å². The molecule has 26 heavy (non-hydrogen) atoms. The zero-order valence-electron chi connectivity index (χ0n) is 14.4. The highest BCUT2D eigenvalue weighted by Gasteiger charge is 2.17. The normalized spacial score (nSPS) is 10.8. The van der Waals surface area contributed by atoms with E-state index in [0.29, 0.717) is 11.5 Å². The molecule has 4 aromatic rings. The Labute approximate surface area is 154 Å². The minimum Gasteiger partial charge on any atom is -0.497 e. The summed E-state index contributed by atoms with van der Waals surface area (Å²) in [6, 6.07) is 15.7. The smallest absolute Gasteiger partial charge is 0.165 e. The van der Waals surface area contributed by atoms with Crippen LogP contribution in [0.1, 0.15) is 5.56 Å². The Morgan fingerprint density at radius 2 is 1.77 bits per heavy atom. The van der Waals surface area contributed by atoms with E-state index >= 15 is 0 Å². The van der Waals surface area contributed by atoms with Crippen molar-refractivity contribution in [3.63, 3.8) is 0 Å². The number of nitrogens with two attached hydrogens (primary N) is 1. The summed E-state index contributed by atoms with van der Waals surface area (Å²) in [5, 5.41) is 11.2. The van der Waals surface area contributed by atoms with Gasteiger partial charge in [-0.1, -0.05) is 22.9 Å². The van der Waals surface area contributed by atoms with Crippen LogP contribution in [0.15, 0.2) is 53.9 Å². The van der Waals surface area contributed by atoms with Crippen molar-refractivity contribution in [3.8, 4) is 33.4 Å². The van der Waals surface area contributed by atoms with Crippen molar-refractivity contribution in [2.75, 3.05) is 12.8 Å². The summed E-state index contributed by atoms with van der Waals surface area (Å²) >= 11 is 1.49. The molecule has 2 N–H and O–H groups in total. The van der Waals surface area contributed by atoms with Crippen molar-refractivity contribution in [3.05, 3.63) is 59.5 Å². The summed E-state index contributed by atoms with van der Waals surface area (Å²) in [4.78, 5) is 4.67. The molecule has 0 aliphatic rings. The largest absolute Gasteiger partial charge is 0.497 e. The fourth-order valence-corrected chi connectivity index (χ4v) is 3.42. The van der Waals surface area contributed by atoms with Gasteiger partial charge < -0.3 is 10.5 Å². The van der Waals surface area contributed by atoms with Crippen molar-refractivity contribution in [2.45, 2.75) is 6.92 Å². The predicted octanol–water partition coefficient (Wildman–Crippen LogP) is 3.96. The number of hydrogen-bond donors (Lipinski definition) is 1. The molecule has 0 saturated heterocycles. The molecule has 2 aromatic carbocycles. The molecular formula is C19H17N5OS. The average Bonchev–Trinajstić information content (AvgIpc) is 3.29. The minimum absolute atomic E-state index is 0.476. The van der Waals surface area contributed by atoms with Crippen molar-refractivity contribution < 1.29 is 4.74 Å². The molecule has 4 rings (SSSR count). The second kappa shape index (κ2) is 6.61. The molecular weight excluding hydrogens is 346 g/mol. The highest BCUT2D eigenvalue weighted by molar-refractivity contribution is 7.13. The molecule has 130 valence electrons. The molecule has 0 aliphatic carbocycles. The van der Waals surface area contributed by atoms with Crippen molar-refractivity contribution in [1.29, 1.82) is 0 Å². The first-order valence-electron chi connectivity index (χ1n) is 8.04. The van der Waals surface area contributed by atoms with Gasteiger partial charge in [-0.2, -0.15) is 4.68 Å². The van der Waals surface area contributed by atoms with Crippen LogP contribution in [0.4, 0.5) is 5.82 Å². The molecule has 0 bridgehead atoms. The lowest BCUT2D eigenvalue weighted by molar-refractivity contribution is 0.415. The lowest BCUT2D eigenvalue weighted by Gasteiger charge is -2.03. The van der Waals surface area contributed by atoms with Gasteiger partial charge in [-0.15, -0.1) is 16.4 Å². The number of thiazole rings is 1. The first-order valence-corrected chi connectivity index (χ1v) is 8.92. The summed E-state index contributed by atoms with van der Waals surface area (Å²) in [7, 11) is 1.65. The predicted molar refractivity (Wildman–Crippen MR) is 104 cm³/mol. The number of aromatic nitrogens is 4. The van der Waals surface area contributed by atoms with Gasteiger partial charge in [0.2, 0.25) is 0 Å². The molecule has 0 amide bonds. The number of ether oxygens (including phenoxy) is 1. The number of benzene rings is 2. The molecule has 0 spiro atoms. The maximum atomic E-state index is 6.28. The van der Waals surface area contributed by atoms with Gasteiger partial charge >= 0.3 is 0 Å². The second-order valence-electron chi connectivity index (χ2n) is 5.84. The lowest BCUT2D eigenvalue weighted by Crippen LogP contribution is -2.02. The second-order valence-corrected chi connectivity index (χ2v) is 6.70. The van der Waals surface area contributed by atoms with E-state index in [1.54, 1.807) is 11.8 Å². The number of rotatable bonds is 4. The maximum absolute atomic E-state index is 6.28. The molecule has 2 aromatic heterocycles. The fraction of sp³-hybridized carbons (Fsp3) is 0.105. The summed E-state index contributed by atoms with van der Waals surface area (Å²) in [5.41, 5.74) is 10.8. The van der Waals surface area contributed by atoms with E-state index in [2.05, 4.69) is 15.3 Å². The van der Waals surface area contributed by atoms with Crippen molar-refractivity contribution in [2.24, 2.45) is 0 Å². The third-order valence-electron chi connectivity index (χ3n) is 4.08. The van der Waals surface area contributed by atoms with E-state index in [1.807, 2.05) is 60.8 Å². The Kier molecular flexibility index (Phi) is 4.14. The van der Waals surface area contributed by atoms with Crippen LogP contribution < -0.4 is 10.5 Å². The molecule has 6 nitrogen and oxygen atoms in total. The average molecular weight is 363 g/mol. The highest BCUT2D eigenvalue weighted by atomic mass is 32.1. The van der Waals surface area contributed by atoms with Gasteiger partial charge in [0, 0.05) is 10.9 Å². The quantitative estimate of drug-likeness (QED) is 0.594. The first kappa shape index (κ1) is 16.3. The summed E-state index contributed by atoms with van der Waals surface area (Å²) in [6.07, 6.45) is 0. The van der Waals surface area contributed by atoms with Crippen molar-refractivity contribution >= 4 is 17.2 Å². The van der Waals surface area contributed by atoms with Crippen LogP contribution >= 0.6 is 11.3 Å². The number of aryl methyl sites for hydroxylation is 1. The number of anilines is 1. The van der Waals surface area contributed by atoms with E-state index in [4.69, 9.17) is 10.5 Å². The number of nitrogen functional groups attached to an aromatic ring is 1. The summed E-state index contributed by atoms with van der Waals surface area (Å²) in [5.74, 6) is 1.29. The fourth-order valence-electron chi connectivity index (χ4n) is 2.60. The van der Waals surface area contributed by atoms with Crippen LogP contribution in [0.25, 0.3) is 27.6 Å². The molecule has 0 aliphatic heterocycles. The molecule has 0 atom stereocenters. The van der Waals surface area contributed by atoms with Crippen LogP contribution in [0, 0.1) is 6.92 Å². The number of nitrogens with zero attached hydrogens (tertiary/aromatic N) is 4. The summed E-state index contributed by atoms with van der Waals surface area (Å²) < 4.78 is 6.82. The number of hydrogen-bond acceptors (Lipinski definition) is 6. The van der Waals surface area contributed by atoms with Gasteiger partial charge in [0.25, 0.3) is 0 Å². The Morgan fingerprint density at radius 1 is 1.04 bits per heavy atom. The lowest BCUT2D eigenvalue weighted by atomic mass is 10.2. The third-order valence-corrected chi connectivity index (χ3v) is 4.93. The SMILES string of the molecule is COc1ccc(-c2csc(-c3nnn(-c4ccc(C)cc4)c3N)n2)cc1. The van der Waals surface area contributed by atoms with Gasteiger partial charge in [0.1, 0.15) is 10.8 Å². The van der Waals surface area contributed by atoms with Crippen molar-refractivity contribution in [1.82, 2.24) is 20.0 Å². The van der Waals surface area contributed by atoms with Gasteiger partial charge in [-0.05, 0) is 43.3 Å². The molecule has 0 saturated carbocycles. The first-order chi connectivity index (χ1) is 12.7. The van der Waals surface area contributed by atoms with Crippen LogP contribution in [-0.2, 0) is 0 Å². The monoisotopic (exact) mass is 363 g/mol. The molecule has 0 radical (unpaired) electrons. The molecule has 2 heterocycles.